The van der Waals surface area contributed by atoms with Crippen molar-refractivity contribution in [2.75, 3.05) is 0 Å². The quantitative estimate of drug-likeness (QED) is 0.554. The zero-order valence-electron chi connectivity index (χ0n) is 8.20. The van der Waals surface area contributed by atoms with Gasteiger partial charge < -0.3 is 0 Å². The van der Waals surface area contributed by atoms with Crippen molar-refractivity contribution in [3.8, 4) is 0 Å². The summed E-state index contributed by atoms with van der Waals surface area (Å²) in [4.78, 5) is 0. The highest BCUT2D eigenvalue weighted by atomic mass is 28.2. The van der Waals surface area contributed by atoms with Gasteiger partial charge in [0.2, 0.25) is 0 Å². The van der Waals surface area contributed by atoms with E-state index >= 15 is 0 Å². The van der Waals surface area contributed by atoms with Crippen LogP contribution in [0.15, 0.2) is 0 Å². The van der Waals surface area contributed by atoms with E-state index in [0.717, 1.165) is 5.54 Å². The average molecular weight is 158 g/mol. The predicted molar refractivity (Wildman–Crippen MR) is 52.6 cm³/mol. The second kappa shape index (κ2) is 4.17. The largest absolute Gasteiger partial charge is 0.0654 e. The van der Waals surface area contributed by atoms with Gasteiger partial charge in [0.25, 0.3) is 0 Å². The highest BCUT2D eigenvalue weighted by molar-refractivity contribution is 6.41. The molecule has 0 unspecified atom stereocenters. The summed E-state index contributed by atoms with van der Waals surface area (Å²) in [6, 6.07) is 0. The van der Waals surface area contributed by atoms with E-state index in [9.17, 15) is 0 Å². The lowest BCUT2D eigenvalue weighted by Crippen LogP contribution is -2.14. The summed E-state index contributed by atoms with van der Waals surface area (Å²) in [5, 5.41) is 0.663. The Bertz CT molecular complexity index is 77.2. The molecule has 0 fully saturated rings. The van der Waals surface area contributed by atoms with Gasteiger partial charge in [-0.1, -0.05) is 53.0 Å². The SMILES string of the molecule is CCC(CC)[SiH2]C(C)(C)C. The molecule has 0 aliphatic heterocycles. The van der Waals surface area contributed by atoms with Crippen LogP contribution in [0.3, 0.4) is 0 Å². The van der Waals surface area contributed by atoms with Crippen LogP contribution in [-0.4, -0.2) is 9.52 Å². The highest BCUT2D eigenvalue weighted by Crippen LogP contribution is 2.29. The second-order valence-electron chi connectivity index (χ2n) is 4.45. The van der Waals surface area contributed by atoms with E-state index in [-0.39, 0.29) is 9.52 Å². The van der Waals surface area contributed by atoms with E-state index in [1.807, 2.05) is 0 Å². The first-order valence-electron chi connectivity index (χ1n) is 4.49. The molecule has 0 aliphatic rings. The molecule has 0 aliphatic carbocycles. The van der Waals surface area contributed by atoms with Crippen LogP contribution in [0.5, 0.6) is 0 Å². The van der Waals surface area contributed by atoms with Gasteiger partial charge in [-0.15, -0.1) is 0 Å². The van der Waals surface area contributed by atoms with Crippen LogP contribution in [0.4, 0.5) is 0 Å². The van der Waals surface area contributed by atoms with E-state index in [2.05, 4.69) is 34.6 Å². The Morgan fingerprint density at radius 3 is 1.60 bits per heavy atom. The molecule has 0 aromatic carbocycles. The predicted octanol–water partition coefficient (Wildman–Crippen LogP) is 2.98. The van der Waals surface area contributed by atoms with E-state index in [4.69, 9.17) is 0 Å². The second-order valence-corrected chi connectivity index (χ2v) is 8.13. The van der Waals surface area contributed by atoms with Crippen LogP contribution in [0.25, 0.3) is 0 Å². The van der Waals surface area contributed by atoms with Gasteiger partial charge in [0, 0.05) is 9.52 Å². The van der Waals surface area contributed by atoms with E-state index in [1.54, 1.807) is 0 Å². The van der Waals surface area contributed by atoms with Gasteiger partial charge in [-0.3, -0.25) is 0 Å². The van der Waals surface area contributed by atoms with Gasteiger partial charge in [-0.25, -0.2) is 0 Å². The Morgan fingerprint density at radius 2 is 1.50 bits per heavy atom. The van der Waals surface area contributed by atoms with Crippen LogP contribution >= 0.6 is 0 Å². The third-order valence-corrected chi connectivity index (χ3v) is 5.01. The Hall–Kier alpha value is 0.217. The lowest BCUT2D eigenvalue weighted by atomic mass is 10.2. The fourth-order valence-corrected chi connectivity index (χ4v) is 3.75. The summed E-state index contributed by atoms with van der Waals surface area (Å²) in [6.45, 7) is 11.8. The Morgan fingerprint density at radius 1 is 1.10 bits per heavy atom. The van der Waals surface area contributed by atoms with Crippen molar-refractivity contribution in [3.05, 3.63) is 0 Å². The molecule has 0 saturated carbocycles. The minimum Gasteiger partial charge on any atom is -0.0654 e. The molecule has 0 aromatic rings. The molecule has 0 heterocycles. The van der Waals surface area contributed by atoms with Gasteiger partial charge in [-0.05, 0) is 5.04 Å². The van der Waals surface area contributed by atoms with Crippen molar-refractivity contribution in [1.82, 2.24) is 0 Å². The molecule has 0 rings (SSSR count). The summed E-state index contributed by atoms with van der Waals surface area (Å²) in [7, 11) is 0.164. The zero-order valence-corrected chi connectivity index (χ0v) is 9.61. The first-order valence-corrected chi connectivity index (χ1v) is 6.02. The van der Waals surface area contributed by atoms with Crippen LogP contribution < -0.4 is 0 Å². The average Bonchev–Trinajstić information content (AvgIpc) is 1.81. The standard InChI is InChI=1S/C9H22Si/c1-6-8(7-2)10-9(3,4)5/h8H,6-7,10H2,1-5H3. The monoisotopic (exact) mass is 158 g/mol. The van der Waals surface area contributed by atoms with Gasteiger partial charge >= 0.3 is 0 Å². The summed E-state index contributed by atoms with van der Waals surface area (Å²) in [5.41, 5.74) is 1.08. The summed E-state index contributed by atoms with van der Waals surface area (Å²) in [5.74, 6) is 0. The maximum absolute atomic E-state index is 2.39. The van der Waals surface area contributed by atoms with Crippen molar-refractivity contribution in [2.45, 2.75) is 58.0 Å². The Kier molecular flexibility index (Phi) is 4.26. The summed E-state index contributed by atoms with van der Waals surface area (Å²) < 4.78 is 0. The van der Waals surface area contributed by atoms with Gasteiger partial charge in [0.15, 0.2) is 0 Å². The fraction of sp³-hybridized carbons (Fsp3) is 1.00. The van der Waals surface area contributed by atoms with Gasteiger partial charge in [0.05, 0.1) is 0 Å². The van der Waals surface area contributed by atoms with Crippen molar-refractivity contribution < 1.29 is 0 Å². The third-order valence-electron chi connectivity index (χ3n) is 2.06. The molecule has 0 aromatic heterocycles. The molecule has 0 spiro atoms. The molecular formula is C9H22Si. The highest BCUT2D eigenvalue weighted by Gasteiger charge is 2.16. The van der Waals surface area contributed by atoms with Crippen molar-refractivity contribution in [2.24, 2.45) is 0 Å². The van der Waals surface area contributed by atoms with Crippen LogP contribution in [-0.2, 0) is 0 Å². The normalized spacial score (nSPS) is 13.8. The van der Waals surface area contributed by atoms with Crippen LogP contribution in [0, 0.1) is 0 Å². The van der Waals surface area contributed by atoms with Crippen LogP contribution in [0.2, 0.25) is 10.6 Å². The molecule has 0 saturated heterocycles. The molecule has 0 nitrogen and oxygen atoms in total. The number of rotatable bonds is 3. The molecule has 0 N–H and O–H groups in total. The van der Waals surface area contributed by atoms with Gasteiger partial charge in [-0.2, -0.15) is 0 Å². The lowest BCUT2D eigenvalue weighted by Gasteiger charge is -2.23. The first-order chi connectivity index (χ1) is 4.49. The summed E-state index contributed by atoms with van der Waals surface area (Å²) in [6.07, 6.45) is 2.81. The van der Waals surface area contributed by atoms with Crippen molar-refractivity contribution in [3.63, 3.8) is 0 Å². The summed E-state index contributed by atoms with van der Waals surface area (Å²) >= 11 is 0. The Balaban J connectivity index is 3.63. The molecule has 0 amide bonds. The number of hydrogen-bond acceptors (Lipinski definition) is 0. The topological polar surface area (TPSA) is 0 Å². The van der Waals surface area contributed by atoms with E-state index < -0.39 is 0 Å². The third kappa shape index (κ3) is 5.04. The van der Waals surface area contributed by atoms with Gasteiger partial charge in [0.1, 0.15) is 0 Å². The van der Waals surface area contributed by atoms with Crippen molar-refractivity contribution >= 4 is 9.52 Å². The molecular weight excluding hydrogens is 136 g/mol. The maximum atomic E-state index is 2.39. The molecule has 1 heteroatoms. The smallest absolute Gasteiger partial charge is 0.0292 e. The minimum atomic E-state index is 0.164. The maximum Gasteiger partial charge on any atom is 0.0292 e. The van der Waals surface area contributed by atoms with Crippen molar-refractivity contribution in [1.29, 1.82) is 0 Å². The molecule has 0 atom stereocenters. The zero-order chi connectivity index (χ0) is 8.20. The fourth-order valence-electron chi connectivity index (χ4n) is 1.44. The lowest BCUT2D eigenvalue weighted by molar-refractivity contribution is 0.685. The minimum absolute atomic E-state index is 0.164. The molecule has 0 bridgehead atoms. The van der Waals surface area contributed by atoms with E-state index in [1.165, 1.54) is 12.8 Å². The first kappa shape index (κ1) is 10.2. The number of hydrogen-bond donors (Lipinski definition) is 0. The van der Waals surface area contributed by atoms with Crippen LogP contribution in [0.1, 0.15) is 47.5 Å². The molecule has 0 radical (unpaired) electrons. The molecule has 62 valence electrons. The molecule has 10 heavy (non-hydrogen) atoms. The Labute approximate surface area is 68.2 Å². The van der Waals surface area contributed by atoms with E-state index in [0.29, 0.717) is 5.04 Å².